The summed E-state index contributed by atoms with van der Waals surface area (Å²) >= 11 is 0. The third kappa shape index (κ3) is 4.26. The maximum absolute atomic E-state index is 13.5. The zero-order valence-electron chi connectivity index (χ0n) is 17.8. The number of benzene rings is 2. The van der Waals surface area contributed by atoms with Gasteiger partial charge in [0.05, 0.1) is 6.04 Å². The third-order valence-electron chi connectivity index (χ3n) is 5.75. The summed E-state index contributed by atoms with van der Waals surface area (Å²) in [5.74, 6) is -2.69. The molecule has 0 spiro atoms. The molecule has 11 heteroatoms. The monoisotopic (exact) mass is 484 g/mol. The van der Waals surface area contributed by atoms with E-state index < -0.39 is 42.1 Å². The van der Waals surface area contributed by atoms with Gasteiger partial charge in [-0.25, -0.2) is 9.37 Å². The van der Waals surface area contributed by atoms with Gasteiger partial charge < -0.3 is 14.4 Å². The molecule has 2 atom stereocenters. The first-order chi connectivity index (χ1) is 16.8. The lowest BCUT2D eigenvalue weighted by molar-refractivity contribution is 0.0358. The Morgan fingerprint density at radius 1 is 0.971 bits per heavy atom. The molecule has 178 valence electrons. The van der Waals surface area contributed by atoms with E-state index in [0.717, 1.165) is 6.07 Å². The molecular weight excluding hydrogens is 468 g/mol. The minimum atomic E-state index is -2.93. The molecule has 0 aliphatic carbocycles. The molecular formula is C24H16F4N4O3. The topological polar surface area (TPSA) is 92.4 Å². The van der Waals surface area contributed by atoms with Gasteiger partial charge in [-0.2, -0.15) is 13.2 Å². The molecule has 5 rings (SSSR count). The highest BCUT2D eigenvalue weighted by atomic mass is 19.3. The first-order valence-corrected chi connectivity index (χ1v) is 10.4. The van der Waals surface area contributed by atoms with Gasteiger partial charge in [-0.05, 0) is 47.0 Å². The minimum absolute atomic E-state index is 0.0981. The molecule has 1 aliphatic rings. The number of pyridine rings is 1. The Kier molecular flexibility index (Phi) is 5.77. The highest BCUT2D eigenvalue weighted by molar-refractivity contribution is 5.99. The largest absolute Gasteiger partial charge is 0.415 e. The van der Waals surface area contributed by atoms with Crippen LogP contribution in [0.2, 0.25) is 0 Å². The Morgan fingerprint density at radius 3 is 2.37 bits per heavy atom. The predicted molar refractivity (Wildman–Crippen MR) is 113 cm³/mol. The quantitative estimate of drug-likeness (QED) is 0.313. The smallest absolute Gasteiger partial charge is 0.314 e. The van der Waals surface area contributed by atoms with Crippen molar-refractivity contribution in [1.29, 1.82) is 0 Å². The van der Waals surface area contributed by atoms with Crippen LogP contribution in [-0.4, -0.2) is 31.1 Å². The maximum Gasteiger partial charge on any atom is 0.314 e. The van der Waals surface area contributed by atoms with E-state index in [2.05, 4.69) is 15.2 Å². The van der Waals surface area contributed by atoms with Crippen LogP contribution in [0, 0.1) is 11.8 Å². The fourth-order valence-corrected chi connectivity index (χ4v) is 4.06. The van der Waals surface area contributed by atoms with E-state index in [1.807, 2.05) is 0 Å². The number of carbonyl (C=O) groups excluding carboxylic acids is 1. The van der Waals surface area contributed by atoms with Gasteiger partial charge in [-0.3, -0.25) is 4.79 Å². The number of amides is 1. The lowest BCUT2D eigenvalue weighted by Gasteiger charge is -2.32. The molecule has 1 N–H and O–H groups in total. The fourth-order valence-electron chi connectivity index (χ4n) is 4.06. The molecule has 4 aromatic rings. The number of aromatic nitrogens is 3. The lowest BCUT2D eigenvalue weighted by atomic mass is 9.95. The van der Waals surface area contributed by atoms with Gasteiger partial charge in [0, 0.05) is 23.9 Å². The molecule has 0 saturated heterocycles. The summed E-state index contributed by atoms with van der Waals surface area (Å²) in [6.07, 6.45) is -3.00. The van der Waals surface area contributed by atoms with Crippen molar-refractivity contribution in [2.45, 2.75) is 25.1 Å². The number of aliphatic hydroxyl groups excluding tert-OH is 1. The van der Waals surface area contributed by atoms with Crippen LogP contribution in [0.4, 0.5) is 17.6 Å². The number of hydrogen-bond donors (Lipinski definition) is 1. The standard InChI is InChI=1S/C24H16F4N4O3/c25-16-6-3-12(4-7-16)20(33)19(14-5-8-18(26)29-10-14)32-11-15-2-1-13(9-17(15)24(32)34)22-30-31-23(35-22)21(27)28/h1-10,19-21,33H,11H2/t19-,20+/m1/s1. The Labute approximate surface area is 195 Å². The lowest BCUT2D eigenvalue weighted by Crippen LogP contribution is -2.33. The molecule has 0 radical (unpaired) electrons. The Balaban J connectivity index is 1.51. The second kappa shape index (κ2) is 8.91. The highest BCUT2D eigenvalue weighted by Gasteiger charge is 2.38. The van der Waals surface area contributed by atoms with E-state index in [1.165, 1.54) is 47.5 Å². The first kappa shape index (κ1) is 22.7. The van der Waals surface area contributed by atoms with Crippen molar-refractivity contribution in [2.24, 2.45) is 0 Å². The number of carbonyl (C=O) groups is 1. The van der Waals surface area contributed by atoms with Gasteiger partial charge in [-0.1, -0.05) is 24.3 Å². The Bertz CT molecular complexity index is 1380. The van der Waals surface area contributed by atoms with Crippen LogP contribution < -0.4 is 0 Å². The maximum atomic E-state index is 13.5. The van der Waals surface area contributed by atoms with Crippen LogP contribution in [0.5, 0.6) is 0 Å². The molecule has 1 amide bonds. The summed E-state index contributed by atoms with van der Waals surface area (Å²) in [6, 6.07) is 11.3. The van der Waals surface area contributed by atoms with Gasteiger partial charge in [0.2, 0.25) is 11.8 Å². The summed E-state index contributed by atoms with van der Waals surface area (Å²) in [7, 11) is 0. The van der Waals surface area contributed by atoms with E-state index in [9.17, 15) is 27.5 Å². The van der Waals surface area contributed by atoms with E-state index in [1.54, 1.807) is 12.1 Å². The summed E-state index contributed by atoms with van der Waals surface area (Å²) in [5.41, 5.74) is 1.85. The van der Waals surface area contributed by atoms with Crippen LogP contribution in [0.25, 0.3) is 11.5 Å². The molecule has 2 aromatic heterocycles. The Hall–Kier alpha value is -4.12. The predicted octanol–water partition coefficient (Wildman–Crippen LogP) is 4.78. The molecule has 0 bridgehead atoms. The van der Waals surface area contributed by atoms with Crippen LogP contribution in [0.3, 0.4) is 0 Å². The van der Waals surface area contributed by atoms with Gasteiger partial charge >= 0.3 is 6.43 Å². The molecule has 0 saturated carbocycles. The van der Waals surface area contributed by atoms with Crippen molar-refractivity contribution in [3.63, 3.8) is 0 Å². The number of fused-ring (bicyclic) bond motifs is 1. The van der Waals surface area contributed by atoms with E-state index in [-0.39, 0.29) is 23.6 Å². The van der Waals surface area contributed by atoms with Crippen molar-refractivity contribution >= 4 is 5.91 Å². The summed E-state index contributed by atoms with van der Waals surface area (Å²) in [5, 5.41) is 18.1. The average Bonchev–Trinajstić information content (AvgIpc) is 3.47. The number of alkyl halides is 2. The van der Waals surface area contributed by atoms with Crippen molar-refractivity contribution in [1.82, 2.24) is 20.1 Å². The summed E-state index contributed by atoms with van der Waals surface area (Å²) in [4.78, 5) is 18.5. The molecule has 0 fully saturated rings. The van der Waals surface area contributed by atoms with Gasteiger partial charge in [-0.15, -0.1) is 10.2 Å². The fraction of sp³-hybridized carbons (Fsp3) is 0.167. The van der Waals surface area contributed by atoms with E-state index in [4.69, 9.17) is 4.42 Å². The number of rotatable bonds is 6. The molecule has 0 unspecified atom stereocenters. The molecule has 1 aliphatic heterocycles. The average molecular weight is 484 g/mol. The molecule has 35 heavy (non-hydrogen) atoms. The van der Waals surface area contributed by atoms with Crippen molar-refractivity contribution in [3.05, 3.63) is 101 Å². The van der Waals surface area contributed by atoms with E-state index >= 15 is 0 Å². The molecule has 7 nitrogen and oxygen atoms in total. The summed E-state index contributed by atoms with van der Waals surface area (Å²) < 4.78 is 57.5. The van der Waals surface area contributed by atoms with Gasteiger partial charge in [0.1, 0.15) is 11.9 Å². The number of aliphatic hydroxyl groups is 1. The molecule has 2 aromatic carbocycles. The number of halogens is 4. The first-order valence-electron chi connectivity index (χ1n) is 10.4. The van der Waals surface area contributed by atoms with Crippen LogP contribution in [-0.2, 0) is 6.54 Å². The van der Waals surface area contributed by atoms with Crippen LogP contribution in [0.15, 0.2) is 65.2 Å². The van der Waals surface area contributed by atoms with Crippen LogP contribution >= 0.6 is 0 Å². The second-order valence-electron chi connectivity index (χ2n) is 7.91. The Morgan fingerprint density at radius 2 is 1.71 bits per heavy atom. The van der Waals surface area contributed by atoms with Crippen LogP contribution in [0.1, 0.15) is 51.5 Å². The van der Waals surface area contributed by atoms with E-state index in [0.29, 0.717) is 16.7 Å². The zero-order chi connectivity index (χ0) is 24.7. The number of nitrogens with zero attached hydrogens (tertiary/aromatic N) is 4. The van der Waals surface area contributed by atoms with Crippen molar-refractivity contribution < 1.29 is 31.9 Å². The van der Waals surface area contributed by atoms with Crippen molar-refractivity contribution in [2.75, 3.05) is 0 Å². The normalized spacial score (nSPS) is 14.9. The van der Waals surface area contributed by atoms with Gasteiger partial charge in [0.15, 0.2) is 0 Å². The summed E-state index contributed by atoms with van der Waals surface area (Å²) in [6.45, 7) is 0.0981. The number of hydrogen-bond acceptors (Lipinski definition) is 6. The second-order valence-corrected chi connectivity index (χ2v) is 7.91. The third-order valence-corrected chi connectivity index (χ3v) is 5.75. The highest BCUT2D eigenvalue weighted by Crippen LogP contribution is 2.40. The molecule has 3 heterocycles. The van der Waals surface area contributed by atoms with Crippen molar-refractivity contribution in [3.8, 4) is 11.5 Å². The SMILES string of the molecule is O=C1c2cc(-c3nnc(C(F)F)o3)ccc2CN1[C@H](c1ccc(F)nc1)[C@@H](O)c1ccc(F)cc1. The minimum Gasteiger partial charge on any atom is -0.415 e. The van der Waals surface area contributed by atoms with Gasteiger partial charge in [0.25, 0.3) is 11.8 Å². The zero-order valence-corrected chi connectivity index (χ0v) is 17.8.